The average Bonchev–Trinajstić information content (AvgIpc) is 2.47. The summed E-state index contributed by atoms with van der Waals surface area (Å²) in [6.45, 7) is 5.21. The van der Waals surface area contributed by atoms with Crippen molar-refractivity contribution in [3.63, 3.8) is 0 Å². The molecule has 3 atom stereocenters. The first kappa shape index (κ1) is 15.1. The maximum Gasteiger partial charge on any atom is 0.269 e. The molecule has 0 N–H and O–H groups in total. The van der Waals surface area contributed by atoms with Crippen molar-refractivity contribution in [3.8, 4) is 0 Å². The lowest BCUT2D eigenvalue weighted by atomic mass is 9.79. The maximum absolute atomic E-state index is 11.2. The monoisotopic (exact) mass is 292 g/mol. The number of rotatable bonds is 4. The van der Waals surface area contributed by atoms with E-state index in [1.165, 1.54) is 12.1 Å². The Balaban J connectivity index is 2.19. The van der Waals surface area contributed by atoms with Gasteiger partial charge in [0.15, 0.2) is 0 Å². The van der Waals surface area contributed by atoms with E-state index in [4.69, 9.17) is 4.74 Å². The third-order valence-corrected chi connectivity index (χ3v) is 4.02. The fourth-order valence-electron chi connectivity index (χ4n) is 2.51. The van der Waals surface area contributed by atoms with Crippen LogP contribution < -0.4 is 0 Å². The third kappa shape index (κ3) is 2.78. The fourth-order valence-corrected chi connectivity index (χ4v) is 2.51. The largest absolute Gasteiger partial charge is 0.366 e. The van der Waals surface area contributed by atoms with Crippen molar-refractivity contribution in [3.05, 3.63) is 62.7 Å². The van der Waals surface area contributed by atoms with Gasteiger partial charge in [0.2, 0.25) is 5.54 Å². The Kier molecular flexibility index (Phi) is 4.04. The molecule has 7 nitrogen and oxygen atoms in total. The van der Waals surface area contributed by atoms with E-state index in [2.05, 4.69) is 6.58 Å². The quantitative estimate of drug-likeness (QED) is 0.483. The Morgan fingerprint density at radius 3 is 2.43 bits per heavy atom. The molecular formula is C14H16N2O5. The molecule has 112 valence electrons. The number of non-ortho nitro benzene ring substituents is 1. The van der Waals surface area contributed by atoms with E-state index in [0.29, 0.717) is 6.42 Å². The smallest absolute Gasteiger partial charge is 0.269 e. The summed E-state index contributed by atoms with van der Waals surface area (Å²) in [5.74, 6) is -0.318. The topological polar surface area (TPSA) is 95.5 Å². The van der Waals surface area contributed by atoms with Gasteiger partial charge in [-0.05, 0) is 24.1 Å². The van der Waals surface area contributed by atoms with Gasteiger partial charge < -0.3 is 4.74 Å². The summed E-state index contributed by atoms with van der Waals surface area (Å²) < 4.78 is 5.61. The summed E-state index contributed by atoms with van der Waals surface area (Å²) in [6, 6.07) is 6.06. The number of nitrogens with zero attached hydrogens (tertiary/aromatic N) is 2. The van der Waals surface area contributed by atoms with Crippen LogP contribution >= 0.6 is 0 Å². The molecule has 1 fully saturated rings. The molecule has 0 unspecified atom stereocenters. The summed E-state index contributed by atoms with van der Waals surface area (Å²) >= 11 is 0. The molecule has 0 amide bonds. The molecule has 2 rings (SSSR count). The Morgan fingerprint density at radius 2 is 1.95 bits per heavy atom. The van der Waals surface area contributed by atoms with E-state index in [9.17, 15) is 20.2 Å². The Bertz CT molecular complexity index is 571. The van der Waals surface area contributed by atoms with Crippen molar-refractivity contribution in [2.75, 3.05) is 6.61 Å². The molecule has 1 heterocycles. The normalized spacial score (nSPS) is 28.8. The molecule has 0 spiro atoms. The maximum atomic E-state index is 11.2. The molecule has 1 saturated heterocycles. The van der Waals surface area contributed by atoms with E-state index in [1.54, 1.807) is 25.1 Å². The molecule has 0 aliphatic carbocycles. The first-order valence-corrected chi connectivity index (χ1v) is 6.51. The Labute approximate surface area is 121 Å². The van der Waals surface area contributed by atoms with Crippen LogP contribution in [0.5, 0.6) is 0 Å². The molecule has 21 heavy (non-hydrogen) atoms. The third-order valence-electron chi connectivity index (χ3n) is 4.02. The molecule has 0 radical (unpaired) electrons. The van der Waals surface area contributed by atoms with Gasteiger partial charge in [-0.2, -0.15) is 0 Å². The minimum Gasteiger partial charge on any atom is -0.366 e. The average molecular weight is 292 g/mol. The minimum absolute atomic E-state index is 0.00459. The van der Waals surface area contributed by atoms with Crippen molar-refractivity contribution >= 4 is 5.69 Å². The van der Waals surface area contributed by atoms with Crippen LogP contribution in [-0.4, -0.2) is 22.0 Å². The van der Waals surface area contributed by atoms with Gasteiger partial charge in [0, 0.05) is 24.0 Å². The summed E-state index contributed by atoms with van der Waals surface area (Å²) in [5.41, 5.74) is -0.401. The molecular weight excluding hydrogens is 276 g/mol. The number of hydrogen-bond acceptors (Lipinski definition) is 5. The highest BCUT2D eigenvalue weighted by Crippen LogP contribution is 2.39. The lowest BCUT2D eigenvalue weighted by molar-refractivity contribution is -0.584. The van der Waals surface area contributed by atoms with Gasteiger partial charge in [-0.3, -0.25) is 20.2 Å². The highest BCUT2D eigenvalue weighted by atomic mass is 16.6. The highest BCUT2D eigenvalue weighted by Gasteiger charge is 2.49. The fraction of sp³-hybridized carbons (Fsp3) is 0.429. The molecule has 0 saturated carbocycles. The second-order valence-electron chi connectivity index (χ2n) is 5.34. The first-order valence-electron chi connectivity index (χ1n) is 6.51. The van der Waals surface area contributed by atoms with Crippen LogP contribution in [0, 0.1) is 26.1 Å². The van der Waals surface area contributed by atoms with Gasteiger partial charge in [0.25, 0.3) is 5.69 Å². The van der Waals surface area contributed by atoms with Crippen LogP contribution in [0.15, 0.2) is 36.9 Å². The molecule has 0 bridgehead atoms. The summed E-state index contributed by atoms with van der Waals surface area (Å²) in [5, 5.41) is 21.8. The molecule has 1 aromatic rings. The van der Waals surface area contributed by atoms with Gasteiger partial charge in [-0.15, -0.1) is 6.58 Å². The zero-order valence-electron chi connectivity index (χ0n) is 11.6. The van der Waals surface area contributed by atoms with E-state index in [1.807, 2.05) is 0 Å². The van der Waals surface area contributed by atoms with Gasteiger partial charge in [0.1, 0.15) is 6.61 Å². The van der Waals surface area contributed by atoms with Crippen molar-refractivity contribution in [2.24, 2.45) is 5.92 Å². The Morgan fingerprint density at radius 1 is 1.33 bits per heavy atom. The van der Waals surface area contributed by atoms with Crippen molar-refractivity contribution < 1.29 is 14.6 Å². The van der Waals surface area contributed by atoms with Crippen LogP contribution in [0.3, 0.4) is 0 Å². The van der Waals surface area contributed by atoms with Crippen LogP contribution in [0.4, 0.5) is 5.69 Å². The number of nitro groups is 2. The zero-order valence-corrected chi connectivity index (χ0v) is 11.6. The SMILES string of the molecule is C=C[C@H]1C[C@@H](c2ccc([N+](=O)[O-])cc2)OC[C@@]1(C)[N+](=O)[O-]. The molecule has 1 aliphatic heterocycles. The van der Waals surface area contributed by atoms with Crippen LogP contribution in [0.25, 0.3) is 0 Å². The lowest BCUT2D eigenvalue weighted by Crippen LogP contribution is -2.50. The molecule has 1 aliphatic rings. The van der Waals surface area contributed by atoms with E-state index in [0.717, 1.165) is 5.56 Å². The predicted octanol–water partition coefficient (Wildman–Crippen LogP) is 2.89. The Hall–Kier alpha value is -2.28. The first-order chi connectivity index (χ1) is 9.88. The van der Waals surface area contributed by atoms with E-state index >= 15 is 0 Å². The zero-order chi connectivity index (χ0) is 15.6. The van der Waals surface area contributed by atoms with Gasteiger partial charge in [0.05, 0.1) is 16.9 Å². The minimum atomic E-state index is -1.18. The van der Waals surface area contributed by atoms with Gasteiger partial charge in [-0.25, -0.2) is 0 Å². The summed E-state index contributed by atoms with van der Waals surface area (Å²) in [6.07, 6.45) is 1.70. The molecule has 7 heteroatoms. The van der Waals surface area contributed by atoms with Gasteiger partial charge in [-0.1, -0.05) is 6.08 Å². The van der Waals surface area contributed by atoms with Crippen molar-refractivity contribution in [2.45, 2.75) is 25.0 Å². The summed E-state index contributed by atoms with van der Waals surface area (Å²) in [7, 11) is 0. The standard InChI is InChI=1S/C14H16N2O5/c1-3-11-8-13(21-9-14(11,2)16(19)20)10-4-6-12(7-5-10)15(17)18/h3-7,11,13H,1,8-9H2,2H3/t11-,13-,14+/m0/s1. The van der Waals surface area contributed by atoms with Crippen LogP contribution in [0.1, 0.15) is 25.0 Å². The van der Waals surface area contributed by atoms with Crippen LogP contribution in [0.2, 0.25) is 0 Å². The van der Waals surface area contributed by atoms with Crippen LogP contribution in [-0.2, 0) is 4.74 Å². The molecule has 0 aromatic heterocycles. The number of hydrogen-bond donors (Lipinski definition) is 0. The second-order valence-corrected chi connectivity index (χ2v) is 5.34. The number of ether oxygens (including phenoxy) is 1. The van der Waals surface area contributed by atoms with Gasteiger partial charge >= 0.3 is 0 Å². The van der Waals surface area contributed by atoms with Crippen molar-refractivity contribution in [1.29, 1.82) is 0 Å². The predicted molar refractivity (Wildman–Crippen MR) is 75.5 cm³/mol. The number of benzene rings is 1. The molecule has 1 aromatic carbocycles. The summed E-state index contributed by atoms with van der Waals surface area (Å²) in [4.78, 5) is 21.0. The van der Waals surface area contributed by atoms with Crippen molar-refractivity contribution in [1.82, 2.24) is 0 Å². The number of nitro benzene ring substituents is 1. The van der Waals surface area contributed by atoms with E-state index < -0.39 is 10.5 Å². The second kappa shape index (κ2) is 5.61. The highest BCUT2D eigenvalue weighted by molar-refractivity contribution is 5.34. The van der Waals surface area contributed by atoms with E-state index in [-0.39, 0.29) is 29.2 Å². The lowest BCUT2D eigenvalue weighted by Gasteiger charge is -2.36.